The van der Waals surface area contributed by atoms with Gasteiger partial charge in [-0.25, -0.2) is 0 Å². The van der Waals surface area contributed by atoms with E-state index >= 15 is 0 Å². The molecule has 0 saturated carbocycles. The second-order valence-electron chi connectivity index (χ2n) is 8.49. The monoisotopic (exact) mass is 444 g/mol. The van der Waals surface area contributed by atoms with E-state index in [0.717, 1.165) is 26.2 Å². The van der Waals surface area contributed by atoms with Gasteiger partial charge in [0.1, 0.15) is 0 Å². The predicted octanol–water partition coefficient (Wildman–Crippen LogP) is -0.498. The fourth-order valence-electron chi connectivity index (χ4n) is 3.97. The Kier molecular flexibility index (Phi) is 21.3. The van der Waals surface area contributed by atoms with Crippen LogP contribution in [0.4, 0.5) is 0 Å². The third-order valence-electron chi connectivity index (χ3n) is 6.09. The van der Waals surface area contributed by atoms with Crippen LogP contribution in [0.15, 0.2) is 0 Å². The Labute approximate surface area is 194 Å². The molecule has 31 heavy (non-hydrogen) atoms. The van der Waals surface area contributed by atoms with Gasteiger partial charge in [-0.15, -0.1) is 0 Å². The number of hydrogen-bond donors (Lipinski definition) is 4. The number of likely N-dealkylation sites (N-methyl/N-ethyl adjacent to an activating group) is 2. The summed E-state index contributed by atoms with van der Waals surface area (Å²) >= 11 is 0. The highest BCUT2D eigenvalue weighted by molar-refractivity contribution is 4.73. The van der Waals surface area contributed by atoms with Crippen LogP contribution >= 0.6 is 0 Å². The minimum atomic E-state index is 0. The molecule has 8 nitrogen and oxygen atoms in total. The topological polar surface area (TPSA) is 61.1 Å². The molecule has 2 aliphatic rings. The zero-order valence-electron chi connectivity index (χ0n) is 20.5. The van der Waals surface area contributed by atoms with Crippen LogP contribution in [0.1, 0.15) is 20.3 Å². The van der Waals surface area contributed by atoms with E-state index in [1.165, 1.54) is 91.4 Å². The van der Waals surface area contributed by atoms with Crippen molar-refractivity contribution in [2.45, 2.75) is 20.3 Å². The molecule has 2 aliphatic heterocycles. The van der Waals surface area contributed by atoms with Crippen LogP contribution in [0.3, 0.4) is 0 Å². The lowest BCUT2D eigenvalue weighted by Gasteiger charge is -2.34. The highest BCUT2D eigenvalue weighted by Crippen LogP contribution is 2.03. The Balaban J connectivity index is 0.000000567. The van der Waals surface area contributed by atoms with E-state index in [1.807, 2.05) is 28.2 Å². The lowest BCUT2D eigenvalue weighted by molar-refractivity contribution is 0.130. The average molecular weight is 445 g/mol. The lowest BCUT2D eigenvalue weighted by Crippen LogP contribution is -2.49. The standard InChI is InChI=1S/C12H28N4.C10H24N4.CH4/c1-13-5-3-7-15-9-11-16(12-10-15)8-4-6-14-2;1-11-3-5-13-7-9-14(10-8-13)6-4-12-2;/h13-14H,3-12H2,1-2H3;11-12H,3-10H2,1-2H3;1H4. The van der Waals surface area contributed by atoms with Crippen LogP contribution in [-0.2, 0) is 0 Å². The van der Waals surface area contributed by atoms with E-state index in [4.69, 9.17) is 0 Å². The Bertz CT molecular complexity index is 321. The first kappa shape index (κ1) is 30.7. The third-order valence-corrected chi connectivity index (χ3v) is 6.09. The van der Waals surface area contributed by atoms with Crippen molar-refractivity contribution in [3.63, 3.8) is 0 Å². The van der Waals surface area contributed by atoms with Crippen molar-refractivity contribution in [1.29, 1.82) is 0 Å². The van der Waals surface area contributed by atoms with Gasteiger partial charge < -0.3 is 31.1 Å². The maximum absolute atomic E-state index is 3.21. The molecular formula is C23H56N8. The second-order valence-corrected chi connectivity index (χ2v) is 8.49. The fraction of sp³-hybridized carbons (Fsp3) is 1.00. The SMILES string of the molecule is C.CNCCCN1CCN(CCCNC)CC1.CNCCN1CCN(CCNC)CC1. The molecule has 8 heteroatoms. The van der Waals surface area contributed by atoms with Crippen molar-refractivity contribution < 1.29 is 0 Å². The number of rotatable bonds is 14. The Morgan fingerprint density at radius 1 is 0.419 bits per heavy atom. The maximum Gasteiger partial charge on any atom is 0.0110 e. The summed E-state index contributed by atoms with van der Waals surface area (Å²) in [5, 5.41) is 12.8. The van der Waals surface area contributed by atoms with Crippen LogP contribution in [-0.4, -0.2) is 153 Å². The largest absolute Gasteiger partial charge is 0.320 e. The second kappa shape index (κ2) is 21.5. The summed E-state index contributed by atoms with van der Waals surface area (Å²) in [5.41, 5.74) is 0. The summed E-state index contributed by atoms with van der Waals surface area (Å²) in [5.74, 6) is 0. The highest BCUT2D eigenvalue weighted by atomic mass is 15.3. The van der Waals surface area contributed by atoms with E-state index in [-0.39, 0.29) is 7.43 Å². The first-order chi connectivity index (χ1) is 14.7. The summed E-state index contributed by atoms with van der Waals surface area (Å²) < 4.78 is 0. The number of nitrogens with zero attached hydrogens (tertiary/aromatic N) is 4. The van der Waals surface area contributed by atoms with Gasteiger partial charge in [0.05, 0.1) is 0 Å². The van der Waals surface area contributed by atoms with Gasteiger partial charge in [-0.3, -0.25) is 9.80 Å². The number of piperazine rings is 2. The minimum absolute atomic E-state index is 0. The zero-order chi connectivity index (χ0) is 21.9. The van der Waals surface area contributed by atoms with Crippen LogP contribution in [0.5, 0.6) is 0 Å². The molecule has 0 aromatic carbocycles. The van der Waals surface area contributed by atoms with Gasteiger partial charge in [-0.1, -0.05) is 7.43 Å². The first-order valence-corrected chi connectivity index (χ1v) is 12.2. The molecule has 0 atom stereocenters. The molecule has 0 radical (unpaired) electrons. The first-order valence-electron chi connectivity index (χ1n) is 12.2. The number of hydrogen-bond acceptors (Lipinski definition) is 8. The Morgan fingerprint density at radius 2 is 0.677 bits per heavy atom. The highest BCUT2D eigenvalue weighted by Gasteiger charge is 2.16. The van der Waals surface area contributed by atoms with E-state index in [1.54, 1.807) is 0 Å². The van der Waals surface area contributed by atoms with Crippen LogP contribution in [0, 0.1) is 0 Å². The Morgan fingerprint density at radius 3 is 0.935 bits per heavy atom. The average Bonchev–Trinajstić information content (AvgIpc) is 2.79. The predicted molar refractivity (Wildman–Crippen MR) is 137 cm³/mol. The summed E-state index contributed by atoms with van der Waals surface area (Å²) in [4.78, 5) is 10.2. The molecule has 2 fully saturated rings. The molecule has 2 saturated heterocycles. The summed E-state index contributed by atoms with van der Waals surface area (Å²) in [7, 11) is 8.09. The molecule has 0 aromatic heterocycles. The van der Waals surface area contributed by atoms with E-state index in [0.29, 0.717) is 0 Å². The van der Waals surface area contributed by atoms with Gasteiger partial charge in [0, 0.05) is 78.5 Å². The van der Waals surface area contributed by atoms with Gasteiger partial charge in [-0.2, -0.15) is 0 Å². The normalized spacial score (nSPS) is 19.0. The van der Waals surface area contributed by atoms with Crippen molar-refractivity contribution in [3.8, 4) is 0 Å². The van der Waals surface area contributed by atoms with Gasteiger partial charge in [0.25, 0.3) is 0 Å². The van der Waals surface area contributed by atoms with Gasteiger partial charge in [0.15, 0.2) is 0 Å². The smallest absolute Gasteiger partial charge is 0.0110 e. The van der Waals surface area contributed by atoms with E-state index < -0.39 is 0 Å². The van der Waals surface area contributed by atoms with E-state index in [2.05, 4.69) is 40.9 Å². The molecule has 0 unspecified atom stereocenters. The van der Waals surface area contributed by atoms with Crippen LogP contribution in [0.25, 0.3) is 0 Å². The molecular weight excluding hydrogens is 388 g/mol. The lowest BCUT2D eigenvalue weighted by atomic mass is 10.2. The molecule has 4 N–H and O–H groups in total. The van der Waals surface area contributed by atoms with Crippen molar-refractivity contribution in [3.05, 3.63) is 0 Å². The third kappa shape index (κ3) is 16.0. The minimum Gasteiger partial charge on any atom is -0.320 e. The molecule has 2 rings (SSSR count). The van der Waals surface area contributed by atoms with Crippen molar-refractivity contribution >= 4 is 0 Å². The van der Waals surface area contributed by atoms with Gasteiger partial charge in [-0.05, 0) is 67.2 Å². The molecule has 0 aromatic rings. The Hall–Kier alpha value is -0.320. The summed E-state index contributed by atoms with van der Waals surface area (Å²) in [6, 6.07) is 0. The van der Waals surface area contributed by atoms with Gasteiger partial charge in [0.2, 0.25) is 0 Å². The molecule has 0 bridgehead atoms. The molecule has 0 amide bonds. The zero-order valence-corrected chi connectivity index (χ0v) is 20.5. The van der Waals surface area contributed by atoms with Crippen molar-refractivity contribution in [2.75, 3.05) is 133 Å². The molecule has 2 heterocycles. The maximum atomic E-state index is 3.21. The number of nitrogens with one attached hydrogen (secondary N) is 4. The van der Waals surface area contributed by atoms with Crippen LogP contribution in [0.2, 0.25) is 0 Å². The fourth-order valence-corrected chi connectivity index (χ4v) is 3.97. The van der Waals surface area contributed by atoms with Crippen molar-refractivity contribution in [1.82, 2.24) is 40.9 Å². The summed E-state index contributed by atoms with van der Waals surface area (Å²) in [6.07, 6.45) is 2.55. The quantitative estimate of drug-likeness (QED) is 0.268. The van der Waals surface area contributed by atoms with Crippen LogP contribution < -0.4 is 21.3 Å². The molecule has 0 spiro atoms. The van der Waals surface area contributed by atoms with E-state index in [9.17, 15) is 0 Å². The summed E-state index contributed by atoms with van der Waals surface area (Å²) in [6.45, 7) is 19.3. The van der Waals surface area contributed by atoms with Crippen molar-refractivity contribution in [2.24, 2.45) is 0 Å². The molecule has 0 aliphatic carbocycles. The molecule has 188 valence electrons. The van der Waals surface area contributed by atoms with Gasteiger partial charge >= 0.3 is 0 Å².